The molecule has 0 saturated carbocycles. The molecule has 1 fully saturated rings. The Balaban J connectivity index is 2.09. The van der Waals surface area contributed by atoms with E-state index in [1.54, 1.807) is 32.0 Å². The van der Waals surface area contributed by atoms with Crippen LogP contribution in [0.4, 0.5) is 16.2 Å². The highest BCUT2D eigenvalue weighted by atomic mass is 32.2. The fourth-order valence-electron chi connectivity index (χ4n) is 2.82. The fourth-order valence-corrected chi connectivity index (χ4v) is 4.44. The predicted octanol–water partition coefficient (Wildman–Crippen LogP) is 2.30. The van der Waals surface area contributed by atoms with E-state index >= 15 is 0 Å². The van der Waals surface area contributed by atoms with Crippen LogP contribution in [0, 0.1) is 6.92 Å². The van der Waals surface area contributed by atoms with Gasteiger partial charge in [0.2, 0.25) is 10.0 Å². The fraction of sp³-hybridized carbons (Fsp3) is 0.529. The molecular formula is C17H25N3O5S. The van der Waals surface area contributed by atoms with Gasteiger partial charge in [0, 0.05) is 24.2 Å². The van der Waals surface area contributed by atoms with Gasteiger partial charge in [-0.15, -0.1) is 0 Å². The van der Waals surface area contributed by atoms with Crippen molar-refractivity contribution in [2.45, 2.75) is 45.6 Å². The number of hydrogen-bond donors (Lipinski definition) is 3. The van der Waals surface area contributed by atoms with Gasteiger partial charge in [0.15, 0.2) is 0 Å². The number of amides is 2. The third-order valence-electron chi connectivity index (χ3n) is 4.25. The van der Waals surface area contributed by atoms with Gasteiger partial charge in [-0.25, -0.2) is 13.2 Å². The Morgan fingerprint density at radius 2 is 2.00 bits per heavy atom. The Bertz CT molecular complexity index is 805. The molecule has 0 aliphatic carbocycles. The smallest absolute Gasteiger partial charge is 0.319 e. The number of carboxylic acids is 1. The minimum Gasteiger partial charge on any atom is -0.481 e. The number of urea groups is 1. The Labute approximate surface area is 153 Å². The number of nitrogens with one attached hydrogen (secondary N) is 2. The predicted molar refractivity (Wildman–Crippen MR) is 100 cm³/mol. The van der Waals surface area contributed by atoms with Crippen molar-refractivity contribution >= 4 is 33.4 Å². The second kappa shape index (κ2) is 7.53. The molecule has 0 spiro atoms. The van der Waals surface area contributed by atoms with Crippen LogP contribution in [0.15, 0.2) is 18.2 Å². The van der Waals surface area contributed by atoms with Crippen molar-refractivity contribution in [2.24, 2.45) is 0 Å². The van der Waals surface area contributed by atoms with Crippen LogP contribution in [-0.4, -0.2) is 43.4 Å². The number of hydrogen-bond acceptors (Lipinski definition) is 4. The molecule has 1 aliphatic heterocycles. The van der Waals surface area contributed by atoms with Crippen LogP contribution in [0.5, 0.6) is 0 Å². The number of carbonyl (C=O) groups is 2. The lowest BCUT2D eigenvalue weighted by Crippen LogP contribution is -2.45. The summed E-state index contributed by atoms with van der Waals surface area (Å²) in [5.41, 5.74) is 1.15. The van der Waals surface area contributed by atoms with E-state index in [9.17, 15) is 18.0 Å². The van der Waals surface area contributed by atoms with Crippen LogP contribution in [-0.2, 0) is 14.8 Å². The summed E-state index contributed by atoms with van der Waals surface area (Å²) in [6, 6.07) is 4.63. The lowest BCUT2D eigenvalue weighted by atomic mass is 9.99. The average molecular weight is 383 g/mol. The van der Waals surface area contributed by atoms with Crippen LogP contribution in [0.25, 0.3) is 0 Å². The van der Waals surface area contributed by atoms with Gasteiger partial charge in [0.1, 0.15) is 0 Å². The highest BCUT2D eigenvalue weighted by Crippen LogP contribution is 2.30. The van der Waals surface area contributed by atoms with Gasteiger partial charge in [-0.2, -0.15) is 0 Å². The molecule has 0 bridgehead atoms. The quantitative estimate of drug-likeness (QED) is 0.697. The molecule has 26 heavy (non-hydrogen) atoms. The molecule has 0 unspecified atom stereocenters. The van der Waals surface area contributed by atoms with Crippen molar-refractivity contribution in [3.8, 4) is 0 Å². The van der Waals surface area contributed by atoms with Crippen molar-refractivity contribution < 1.29 is 23.1 Å². The van der Waals surface area contributed by atoms with E-state index in [2.05, 4.69) is 10.6 Å². The molecule has 1 aliphatic rings. The third-order valence-corrected chi connectivity index (χ3v) is 6.11. The Morgan fingerprint density at radius 3 is 2.58 bits per heavy atom. The lowest BCUT2D eigenvalue weighted by Gasteiger charge is -2.26. The largest absolute Gasteiger partial charge is 0.481 e. The summed E-state index contributed by atoms with van der Waals surface area (Å²) >= 11 is 0. The molecule has 0 atom stereocenters. The zero-order valence-electron chi connectivity index (χ0n) is 15.2. The molecule has 1 saturated heterocycles. The van der Waals surface area contributed by atoms with E-state index in [1.807, 2.05) is 6.92 Å². The summed E-state index contributed by atoms with van der Waals surface area (Å²) in [6.07, 6.45) is 0.827. The molecule has 0 radical (unpaired) electrons. The van der Waals surface area contributed by atoms with E-state index in [0.29, 0.717) is 30.8 Å². The first-order chi connectivity index (χ1) is 12.0. The molecule has 9 heteroatoms. The number of carboxylic acid groups (broad SMARTS) is 1. The molecule has 1 heterocycles. The van der Waals surface area contributed by atoms with E-state index in [4.69, 9.17) is 5.11 Å². The highest BCUT2D eigenvalue weighted by molar-refractivity contribution is 7.93. The van der Waals surface area contributed by atoms with Crippen LogP contribution in [0.3, 0.4) is 0 Å². The van der Waals surface area contributed by atoms with Crippen molar-refractivity contribution in [2.75, 3.05) is 21.9 Å². The zero-order chi connectivity index (χ0) is 19.5. The normalized spacial score (nSPS) is 16.3. The number of rotatable bonds is 6. The van der Waals surface area contributed by atoms with E-state index in [0.717, 1.165) is 5.56 Å². The number of carbonyl (C=O) groups excluding carboxylic acids is 1. The van der Waals surface area contributed by atoms with Crippen LogP contribution in [0.2, 0.25) is 0 Å². The van der Waals surface area contributed by atoms with Gasteiger partial charge in [0.05, 0.1) is 11.4 Å². The van der Waals surface area contributed by atoms with Crippen molar-refractivity contribution in [1.29, 1.82) is 0 Å². The van der Waals surface area contributed by atoms with Crippen molar-refractivity contribution in [3.63, 3.8) is 0 Å². The minimum absolute atomic E-state index is 0.0468. The summed E-state index contributed by atoms with van der Waals surface area (Å²) in [5, 5.41) is 14.2. The van der Waals surface area contributed by atoms with Gasteiger partial charge >= 0.3 is 12.0 Å². The monoisotopic (exact) mass is 383 g/mol. The average Bonchev–Trinajstić information content (AvgIpc) is 2.86. The molecular weight excluding hydrogens is 358 g/mol. The third kappa shape index (κ3) is 5.10. The molecule has 144 valence electrons. The molecule has 1 aromatic carbocycles. The number of aryl methyl sites for hydroxylation is 1. The maximum Gasteiger partial charge on any atom is 0.319 e. The minimum atomic E-state index is -3.30. The molecule has 8 nitrogen and oxygen atoms in total. The summed E-state index contributed by atoms with van der Waals surface area (Å²) in [7, 11) is -3.30. The molecule has 2 amide bonds. The molecule has 2 rings (SSSR count). The second-order valence-corrected chi connectivity index (χ2v) is 9.11. The topological polar surface area (TPSA) is 116 Å². The van der Waals surface area contributed by atoms with Gasteiger partial charge in [0.25, 0.3) is 0 Å². The number of aliphatic carboxylic acids is 1. The molecule has 3 N–H and O–H groups in total. The molecule has 0 aromatic heterocycles. The van der Waals surface area contributed by atoms with Crippen LogP contribution in [0.1, 0.15) is 38.7 Å². The van der Waals surface area contributed by atoms with Crippen LogP contribution < -0.4 is 14.9 Å². The highest BCUT2D eigenvalue weighted by Gasteiger charge is 2.29. The zero-order valence-corrected chi connectivity index (χ0v) is 16.0. The van der Waals surface area contributed by atoms with Crippen LogP contribution >= 0.6 is 0 Å². The Morgan fingerprint density at radius 1 is 1.31 bits per heavy atom. The van der Waals surface area contributed by atoms with E-state index in [-0.39, 0.29) is 12.2 Å². The maximum absolute atomic E-state index is 12.2. The number of benzene rings is 1. The van der Waals surface area contributed by atoms with Gasteiger partial charge in [-0.3, -0.25) is 9.10 Å². The standard InChI is InChI=1S/C17H25N3O5S/c1-12-5-6-13(11-14(12)20-9-4-10-26(20,24)25)18-16(23)19-17(2,3)8-7-15(21)22/h5-6,11H,4,7-10H2,1-3H3,(H,21,22)(H2,18,19,23). The number of nitrogens with zero attached hydrogens (tertiary/aromatic N) is 1. The number of sulfonamides is 1. The van der Waals surface area contributed by atoms with E-state index in [1.165, 1.54) is 4.31 Å². The molecule has 1 aromatic rings. The lowest BCUT2D eigenvalue weighted by molar-refractivity contribution is -0.137. The Hall–Kier alpha value is -2.29. The van der Waals surface area contributed by atoms with Gasteiger partial charge in [-0.1, -0.05) is 6.07 Å². The van der Waals surface area contributed by atoms with Crippen molar-refractivity contribution in [1.82, 2.24) is 5.32 Å². The first-order valence-electron chi connectivity index (χ1n) is 8.42. The second-order valence-electron chi connectivity index (χ2n) is 7.10. The van der Waals surface area contributed by atoms with Crippen molar-refractivity contribution in [3.05, 3.63) is 23.8 Å². The summed E-state index contributed by atoms with van der Waals surface area (Å²) in [4.78, 5) is 22.9. The summed E-state index contributed by atoms with van der Waals surface area (Å²) in [5.74, 6) is -0.794. The van der Waals surface area contributed by atoms with Gasteiger partial charge < -0.3 is 15.7 Å². The SMILES string of the molecule is Cc1ccc(NC(=O)NC(C)(C)CCC(=O)O)cc1N1CCCS1(=O)=O. The summed E-state index contributed by atoms with van der Waals surface area (Å²) in [6.45, 7) is 5.74. The maximum atomic E-state index is 12.2. The van der Waals surface area contributed by atoms with E-state index < -0.39 is 27.6 Å². The first-order valence-corrected chi connectivity index (χ1v) is 10.0. The first kappa shape index (κ1) is 20.0. The summed E-state index contributed by atoms with van der Waals surface area (Å²) < 4.78 is 25.7. The van der Waals surface area contributed by atoms with Gasteiger partial charge in [-0.05, 0) is 51.3 Å². The number of anilines is 2. The Kier molecular flexibility index (Phi) is 5.80.